The Labute approximate surface area is 124 Å². The van der Waals surface area contributed by atoms with E-state index in [0.717, 1.165) is 9.35 Å². The number of sulfonamides is 1. The summed E-state index contributed by atoms with van der Waals surface area (Å²) >= 11 is 4.86. The number of hydrogen-bond acceptors (Lipinski definition) is 5. The zero-order chi connectivity index (χ0) is 13.9. The molecule has 0 spiro atoms. The van der Waals surface area contributed by atoms with Crippen LogP contribution >= 0.6 is 27.3 Å². The van der Waals surface area contributed by atoms with Crippen LogP contribution in [-0.2, 0) is 16.6 Å². The quantitative estimate of drug-likeness (QED) is 0.857. The fourth-order valence-electron chi connectivity index (χ4n) is 1.41. The number of anilines is 1. The SMILES string of the molecule is CNc1cc(S(=O)(=O)NCc2sccc2Br)ccn1. The van der Waals surface area contributed by atoms with E-state index in [9.17, 15) is 8.42 Å². The van der Waals surface area contributed by atoms with Gasteiger partial charge >= 0.3 is 0 Å². The highest BCUT2D eigenvalue weighted by atomic mass is 79.9. The summed E-state index contributed by atoms with van der Waals surface area (Å²) in [5, 5.41) is 4.71. The van der Waals surface area contributed by atoms with Crippen molar-refractivity contribution in [2.24, 2.45) is 0 Å². The zero-order valence-corrected chi connectivity index (χ0v) is 13.3. The molecule has 0 bridgehead atoms. The topological polar surface area (TPSA) is 71.1 Å². The average molecular weight is 362 g/mol. The predicted octanol–water partition coefficient (Wildman–Crippen LogP) is 2.43. The summed E-state index contributed by atoms with van der Waals surface area (Å²) in [5.41, 5.74) is 0. The van der Waals surface area contributed by atoms with Gasteiger partial charge in [-0.25, -0.2) is 18.1 Å². The fourth-order valence-corrected chi connectivity index (χ4v) is 3.94. The van der Waals surface area contributed by atoms with Crippen LogP contribution in [0.2, 0.25) is 0 Å². The lowest BCUT2D eigenvalue weighted by atomic mass is 10.5. The molecule has 0 radical (unpaired) electrons. The molecule has 0 fully saturated rings. The molecule has 0 aliphatic heterocycles. The maximum atomic E-state index is 12.1. The van der Waals surface area contributed by atoms with E-state index >= 15 is 0 Å². The van der Waals surface area contributed by atoms with E-state index in [0.29, 0.717) is 5.82 Å². The molecule has 2 heterocycles. The molecule has 0 aliphatic carbocycles. The van der Waals surface area contributed by atoms with Crippen LogP contribution in [-0.4, -0.2) is 20.4 Å². The van der Waals surface area contributed by atoms with E-state index in [4.69, 9.17) is 0 Å². The first kappa shape index (κ1) is 14.4. The minimum absolute atomic E-state index is 0.194. The summed E-state index contributed by atoms with van der Waals surface area (Å²) in [6, 6.07) is 4.85. The Morgan fingerprint density at radius 2 is 2.21 bits per heavy atom. The van der Waals surface area contributed by atoms with Crippen molar-refractivity contribution in [2.45, 2.75) is 11.4 Å². The van der Waals surface area contributed by atoms with E-state index < -0.39 is 10.0 Å². The largest absolute Gasteiger partial charge is 0.373 e. The molecule has 0 amide bonds. The monoisotopic (exact) mass is 361 g/mol. The number of aromatic nitrogens is 1. The van der Waals surface area contributed by atoms with Crippen molar-refractivity contribution in [1.82, 2.24) is 9.71 Å². The minimum atomic E-state index is -3.53. The number of thiophene rings is 1. The van der Waals surface area contributed by atoms with Crippen LogP contribution in [0.3, 0.4) is 0 Å². The van der Waals surface area contributed by atoms with Gasteiger partial charge in [0, 0.05) is 35.2 Å². The first-order valence-electron chi connectivity index (χ1n) is 5.38. The number of nitrogens with one attached hydrogen (secondary N) is 2. The smallest absolute Gasteiger partial charge is 0.241 e. The summed E-state index contributed by atoms with van der Waals surface area (Å²) < 4.78 is 27.7. The fraction of sp³-hybridized carbons (Fsp3) is 0.182. The van der Waals surface area contributed by atoms with E-state index in [1.165, 1.54) is 29.7 Å². The summed E-state index contributed by atoms with van der Waals surface area (Å²) in [4.78, 5) is 5.12. The molecule has 0 unspecified atom stereocenters. The lowest BCUT2D eigenvalue weighted by Gasteiger charge is -2.07. The molecule has 0 saturated carbocycles. The maximum absolute atomic E-state index is 12.1. The van der Waals surface area contributed by atoms with E-state index in [1.54, 1.807) is 7.05 Å². The van der Waals surface area contributed by atoms with Crippen LogP contribution in [0.25, 0.3) is 0 Å². The van der Waals surface area contributed by atoms with Crippen molar-refractivity contribution >= 4 is 43.1 Å². The second-order valence-corrected chi connectivity index (χ2v) is 7.27. The van der Waals surface area contributed by atoms with Crippen LogP contribution < -0.4 is 10.0 Å². The average Bonchev–Trinajstić information content (AvgIpc) is 2.82. The van der Waals surface area contributed by atoms with Crippen molar-refractivity contribution in [3.8, 4) is 0 Å². The number of nitrogens with zero attached hydrogens (tertiary/aromatic N) is 1. The Morgan fingerprint density at radius 3 is 2.84 bits per heavy atom. The van der Waals surface area contributed by atoms with Crippen LogP contribution in [0.1, 0.15) is 4.88 Å². The van der Waals surface area contributed by atoms with Crippen molar-refractivity contribution in [1.29, 1.82) is 0 Å². The Bertz CT molecular complexity index is 670. The van der Waals surface area contributed by atoms with Crippen LogP contribution in [0.15, 0.2) is 39.1 Å². The second kappa shape index (κ2) is 6.00. The third-order valence-corrected chi connectivity index (χ3v) is 5.74. The zero-order valence-electron chi connectivity index (χ0n) is 10.1. The Morgan fingerprint density at radius 1 is 1.42 bits per heavy atom. The molecule has 19 heavy (non-hydrogen) atoms. The molecule has 2 aromatic rings. The van der Waals surface area contributed by atoms with Gasteiger partial charge in [0.2, 0.25) is 10.0 Å². The lowest BCUT2D eigenvalue weighted by Crippen LogP contribution is -2.23. The maximum Gasteiger partial charge on any atom is 0.241 e. The Hall–Kier alpha value is -0.960. The van der Waals surface area contributed by atoms with Crippen molar-refractivity contribution in [3.63, 3.8) is 0 Å². The number of rotatable bonds is 5. The summed E-state index contributed by atoms with van der Waals surface area (Å²) in [6.07, 6.45) is 1.46. The third-order valence-electron chi connectivity index (χ3n) is 2.41. The summed E-state index contributed by atoms with van der Waals surface area (Å²) in [7, 11) is -1.84. The number of pyridine rings is 1. The highest BCUT2D eigenvalue weighted by Gasteiger charge is 2.15. The van der Waals surface area contributed by atoms with Crippen LogP contribution in [0, 0.1) is 0 Å². The van der Waals surface area contributed by atoms with Gasteiger partial charge in [-0.3, -0.25) is 0 Å². The van der Waals surface area contributed by atoms with Crippen LogP contribution in [0.5, 0.6) is 0 Å². The third kappa shape index (κ3) is 3.53. The minimum Gasteiger partial charge on any atom is -0.373 e. The molecule has 2 rings (SSSR count). The molecule has 8 heteroatoms. The van der Waals surface area contributed by atoms with Gasteiger partial charge in [-0.1, -0.05) is 0 Å². The molecule has 0 aliphatic rings. The van der Waals surface area contributed by atoms with Crippen molar-refractivity contribution in [2.75, 3.05) is 12.4 Å². The lowest BCUT2D eigenvalue weighted by molar-refractivity contribution is 0.581. The van der Waals surface area contributed by atoms with Crippen molar-refractivity contribution < 1.29 is 8.42 Å². The van der Waals surface area contributed by atoms with Gasteiger partial charge in [-0.15, -0.1) is 11.3 Å². The van der Waals surface area contributed by atoms with Gasteiger partial charge in [0.15, 0.2) is 0 Å². The predicted molar refractivity (Wildman–Crippen MR) is 79.8 cm³/mol. The molecular weight excluding hydrogens is 350 g/mol. The van der Waals surface area contributed by atoms with Gasteiger partial charge < -0.3 is 5.32 Å². The first-order chi connectivity index (χ1) is 9.03. The van der Waals surface area contributed by atoms with Crippen molar-refractivity contribution in [3.05, 3.63) is 39.1 Å². The second-order valence-electron chi connectivity index (χ2n) is 3.64. The van der Waals surface area contributed by atoms with Gasteiger partial charge in [-0.05, 0) is 33.4 Å². The van der Waals surface area contributed by atoms with Gasteiger partial charge in [0.1, 0.15) is 5.82 Å². The van der Waals surface area contributed by atoms with Gasteiger partial charge in [0.05, 0.1) is 4.90 Å². The molecule has 102 valence electrons. The van der Waals surface area contributed by atoms with Crippen LogP contribution in [0.4, 0.5) is 5.82 Å². The molecule has 0 saturated heterocycles. The summed E-state index contributed by atoms with van der Waals surface area (Å²) in [6.45, 7) is 0.262. The standard InChI is InChI=1S/C11H12BrN3O2S2/c1-13-11-6-8(2-4-14-11)19(16,17)15-7-10-9(12)3-5-18-10/h2-6,15H,7H2,1H3,(H,13,14). The van der Waals surface area contributed by atoms with E-state index in [1.807, 2.05) is 11.4 Å². The molecule has 0 aromatic carbocycles. The molecule has 5 nitrogen and oxygen atoms in total. The van der Waals surface area contributed by atoms with Gasteiger partial charge in [0.25, 0.3) is 0 Å². The van der Waals surface area contributed by atoms with E-state index in [-0.39, 0.29) is 11.4 Å². The molecule has 2 aromatic heterocycles. The highest BCUT2D eigenvalue weighted by Crippen LogP contribution is 2.23. The number of hydrogen-bond donors (Lipinski definition) is 2. The Balaban J connectivity index is 2.16. The molecule has 2 N–H and O–H groups in total. The summed E-state index contributed by atoms with van der Waals surface area (Å²) in [5.74, 6) is 0.514. The number of halogens is 1. The normalized spacial score (nSPS) is 11.5. The molecular formula is C11H12BrN3O2S2. The Kier molecular flexibility index (Phi) is 4.56. The molecule has 0 atom stereocenters. The van der Waals surface area contributed by atoms with Gasteiger partial charge in [-0.2, -0.15) is 0 Å². The highest BCUT2D eigenvalue weighted by molar-refractivity contribution is 9.10. The first-order valence-corrected chi connectivity index (χ1v) is 8.54. The van der Waals surface area contributed by atoms with E-state index in [2.05, 4.69) is 31.0 Å².